The summed E-state index contributed by atoms with van der Waals surface area (Å²) in [6.07, 6.45) is 0. The van der Waals surface area contributed by atoms with Crippen molar-refractivity contribution in [3.05, 3.63) is 192 Å². The van der Waals surface area contributed by atoms with Crippen molar-refractivity contribution in [3.63, 3.8) is 0 Å². The number of aryl methyl sites for hydroxylation is 4. The topological polar surface area (TPSA) is 55.4 Å². The lowest BCUT2D eigenvalue weighted by Crippen LogP contribution is -2.31. The van der Waals surface area contributed by atoms with Crippen LogP contribution in [0, 0.1) is 27.7 Å². The second kappa shape index (κ2) is 17.3. The molecule has 0 amide bonds. The van der Waals surface area contributed by atoms with Gasteiger partial charge in [-0.05, 0) is 101 Å². The first-order chi connectivity index (χ1) is 31.8. The Bertz CT molecular complexity index is 2740. The zero-order valence-electron chi connectivity index (χ0n) is 38.5. The number of fused-ring (bicyclic) bond motifs is 2. The third kappa shape index (κ3) is 8.64. The van der Waals surface area contributed by atoms with Gasteiger partial charge in [0.05, 0.1) is 0 Å². The van der Waals surface area contributed by atoms with E-state index in [2.05, 4.69) is 137 Å². The second-order valence-corrected chi connectivity index (χ2v) is 22.3. The Morgan fingerprint density at radius 1 is 0.348 bits per heavy atom. The summed E-state index contributed by atoms with van der Waals surface area (Å²) in [6, 6.07) is 59.7. The lowest BCUT2D eigenvalue weighted by atomic mass is 10.0. The van der Waals surface area contributed by atoms with Crippen molar-refractivity contribution in [2.75, 3.05) is 0 Å². The normalized spacial score (nSPS) is 14.2. The highest BCUT2D eigenvalue weighted by molar-refractivity contribution is 7.80. The molecule has 2 aliphatic heterocycles. The van der Waals surface area contributed by atoms with Gasteiger partial charge in [-0.3, -0.25) is 0 Å². The van der Waals surface area contributed by atoms with Crippen molar-refractivity contribution < 1.29 is 28.4 Å². The maximum atomic E-state index is 7.16. The number of para-hydroxylation sites is 2. The minimum absolute atomic E-state index is 0.517. The van der Waals surface area contributed by atoms with E-state index >= 15 is 0 Å². The molecular formula is C58H52O6P2. The molecule has 0 bridgehead atoms. The van der Waals surface area contributed by atoms with E-state index in [1.165, 1.54) is 43.5 Å². The molecule has 0 fully saturated rings. The lowest BCUT2D eigenvalue weighted by molar-refractivity contribution is -0.0448. The van der Waals surface area contributed by atoms with E-state index in [4.69, 9.17) is 28.4 Å². The van der Waals surface area contributed by atoms with E-state index in [0.717, 1.165) is 21.7 Å². The van der Waals surface area contributed by atoms with Gasteiger partial charge in [-0.2, -0.15) is 0 Å². The highest BCUT2D eigenvalue weighted by Gasteiger charge is 2.45. The van der Waals surface area contributed by atoms with E-state index in [1.807, 2.05) is 88.4 Å². The fourth-order valence-electron chi connectivity index (χ4n) is 8.47. The van der Waals surface area contributed by atoms with Gasteiger partial charge in [0, 0.05) is 49.4 Å². The molecule has 330 valence electrons. The van der Waals surface area contributed by atoms with Gasteiger partial charge in [0.1, 0.15) is 11.5 Å². The molecule has 0 unspecified atom stereocenters. The van der Waals surface area contributed by atoms with Gasteiger partial charge < -0.3 is 28.4 Å². The summed E-state index contributed by atoms with van der Waals surface area (Å²) < 4.78 is 41.8. The van der Waals surface area contributed by atoms with Crippen molar-refractivity contribution in [1.29, 1.82) is 0 Å². The first-order valence-electron chi connectivity index (χ1n) is 22.3. The number of rotatable bonds is 11. The zero-order valence-corrected chi connectivity index (χ0v) is 40.3. The summed E-state index contributed by atoms with van der Waals surface area (Å²) in [7, 11) is -2.61. The van der Waals surface area contributed by atoms with Crippen molar-refractivity contribution in [2.24, 2.45) is 0 Å². The molecule has 0 saturated heterocycles. The van der Waals surface area contributed by atoms with Gasteiger partial charge in [0.25, 0.3) is 0 Å². The quantitative estimate of drug-likeness (QED) is 0.121. The lowest BCUT2D eigenvalue weighted by Gasteiger charge is -2.29. The molecule has 8 aromatic carbocycles. The van der Waals surface area contributed by atoms with Gasteiger partial charge in [-0.15, -0.1) is 0 Å². The summed E-state index contributed by atoms with van der Waals surface area (Å²) in [4.78, 5) is 0. The van der Waals surface area contributed by atoms with E-state index in [-0.39, 0.29) is 0 Å². The van der Waals surface area contributed by atoms with Crippen molar-refractivity contribution in [1.82, 2.24) is 0 Å². The monoisotopic (exact) mass is 906 g/mol. The summed E-state index contributed by atoms with van der Waals surface area (Å²) in [5, 5.41) is 6.71. The maximum absolute atomic E-state index is 7.16. The molecule has 0 radical (unpaired) electrons. The van der Waals surface area contributed by atoms with Crippen LogP contribution in [-0.4, -0.2) is 11.6 Å². The molecule has 8 aromatic rings. The summed E-state index contributed by atoms with van der Waals surface area (Å²) in [5.41, 5.74) is 6.44. The molecule has 2 aliphatic rings. The Morgan fingerprint density at radius 2 is 0.621 bits per heavy atom. The molecule has 10 rings (SSSR count). The first-order valence-corrected chi connectivity index (χ1v) is 25.0. The standard InChI is InChI=1S/C58H52O6P2/c1-37-19-27-43(28-20-37)65(44-29-21-38(2)22-30-44)49-35-47(59-41-15-11-9-12-16-41)53-55(63-57(5,6)61-53)51(49)52-50(66(45-31-23-39(3)24-32-45)46-33-25-40(4)26-34-46)36-48(60-42-17-13-10-14-18-42)54-56(52)64-58(7,8)62-54/h9-36H,1-8H3. The molecule has 8 heteroatoms. The Morgan fingerprint density at radius 3 is 0.909 bits per heavy atom. The number of ether oxygens (including phenoxy) is 6. The summed E-state index contributed by atoms with van der Waals surface area (Å²) >= 11 is 0. The smallest absolute Gasteiger partial charge is 0.246 e. The summed E-state index contributed by atoms with van der Waals surface area (Å²) in [6.45, 7) is 16.3. The van der Waals surface area contributed by atoms with E-state index in [0.29, 0.717) is 46.0 Å². The van der Waals surface area contributed by atoms with E-state index in [1.54, 1.807) is 0 Å². The second-order valence-electron chi connectivity index (χ2n) is 17.9. The molecule has 2 heterocycles. The number of hydrogen-bond donors (Lipinski definition) is 0. The third-order valence-electron chi connectivity index (χ3n) is 11.6. The average molecular weight is 907 g/mol. The van der Waals surface area contributed by atoms with Crippen molar-refractivity contribution >= 4 is 47.7 Å². The van der Waals surface area contributed by atoms with Crippen LogP contribution in [0.1, 0.15) is 49.9 Å². The van der Waals surface area contributed by atoms with Crippen LogP contribution in [0.2, 0.25) is 0 Å². The van der Waals surface area contributed by atoms with Gasteiger partial charge in [-0.1, -0.05) is 156 Å². The summed E-state index contributed by atoms with van der Waals surface area (Å²) in [5.74, 6) is 2.59. The van der Waals surface area contributed by atoms with Crippen LogP contribution < -0.4 is 60.2 Å². The van der Waals surface area contributed by atoms with E-state index in [9.17, 15) is 0 Å². The minimum atomic E-state index is -1.31. The highest BCUT2D eigenvalue weighted by Crippen LogP contribution is 2.61. The number of hydrogen-bond acceptors (Lipinski definition) is 6. The van der Waals surface area contributed by atoms with Crippen molar-refractivity contribution in [2.45, 2.75) is 67.0 Å². The Balaban J connectivity index is 1.38. The van der Waals surface area contributed by atoms with Crippen LogP contribution in [0.15, 0.2) is 170 Å². The molecule has 0 atom stereocenters. The molecule has 0 spiro atoms. The van der Waals surface area contributed by atoms with Gasteiger partial charge in [0.2, 0.25) is 23.1 Å². The maximum Gasteiger partial charge on any atom is 0.246 e. The predicted octanol–water partition coefficient (Wildman–Crippen LogP) is 12.7. The average Bonchev–Trinajstić information content (AvgIpc) is 3.82. The molecular weight excluding hydrogens is 855 g/mol. The number of benzene rings is 8. The molecule has 66 heavy (non-hydrogen) atoms. The highest BCUT2D eigenvalue weighted by atomic mass is 31.1. The Labute approximate surface area is 390 Å². The van der Waals surface area contributed by atoms with Gasteiger partial charge >= 0.3 is 0 Å². The Hall–Kier alpha value is -6.58. The molecule has 0 aliphatic carbocycles. The molecule has 6 nitrogen and oxygen atoms in total. The first kappa shape index (κ1) is 43.3. The van der Waals surface area contributed by atoms with Crippen LogP contribution in [-0.2, 0) is 0 Å². The van der Waals surface area contributed by atoms with Crippen LogP contribution in [0.3, 0.4) is 0 Å². The van der Waals surface area contributed by atoms with Crippen LogP contribution >= 0.6 is 15.8 Å². The zero-order chi connectivity index (χ0) is 45.7. The van der Waals surface area contributed by atoms with Gasteiger partial charge in [-0.25, -0.2) is 0 Å². The fourth-order valence-corrected chi connectivity index (χ4v) is 13.3. The minimum Gasteiger partial charge on any atom is -0.453 e. The molecule has 0 N–H and O–H groups in total. The Kier molecular flexibility index (Phi) is 11.4. The fraction of sp³-hybridized carbons (Fsp3) is 0.172. The van der Waals surface area contributed by atoms with Crippen molar-refractivity contribution in [3.8, 4) is 57.1 Å². The van der Waals surface area contributed by atoms with Gasteiger partial charge in [0.15, 0.2) is 23.0 Å². The van der Waals surface area contributed by atoms with Crippen LogP contribution in [0.4, 0.5) is 0 Å². The van der Waals surface area contributed by atoms with Crippen LogP contribution in [0.25, 0.3) is 11.1 Å². The SMILES string of the molecule is Cc1ccc(P(c2ccc(C)cc2)c2cc(Oc3ccccc3)c3c(c2-c2c(P(c4ccc(C)cc4)c4ccc(C)cc4)cc(Oc4ccccc4)c4c2OC(C)(C)O4)OC(C)(C)O3)cc1. The third-order valence-corrected chi connectivity index (χ3v) is 16.5. The largest absolute Gasteiger partial charge is 0.453 e. The van der Waals surface area contributed by atoms with Crippen LogP contribution in [0.5, 0.6) is 46.0 Å². The molecule has 0 saturated carbocycles. The molecule has 0 aromatic heterocycles. The predicted molar refractivity (Wildman–Crippen MR) is 272 cm³/mol. The van der Waals surface area contributed by atoms with E-state index < -0.39 is 27.4 Å².